The molecule has 0 aliphatic carbocycles. The standard InChI is InChI=1S/C8H9AsO5/c10-5-8(11)6-3-1-2-4-7(6)9(12,13)14/h1-4,10H,5H2,(H2,12,13,14). The van der Waals surface area contributed by atoms with Crippen molar-refractivity contribution >= 4 is 24.3 Å². The summed E-state index contributed by atoms with van der Waals surface area (Å²) in [6.45, 7) is -0.757. The number of Topliss-reactive ketones (excluding diaryl/α,β-unsaturated/α-hetero) is 1. The van der Waals surface area contributed by atoms with Gasteiger partial charge in [0.15, 0.2) is 0 Å². The first-order valence-electron chi connectivity index (χ1n) is 3.76. The van der Waals surface area contributed by atoms with Crippen molar-refractivity contribution in [2.45, 2.75) is 0 Å². The summed E-state index contributed by atoms with van der Waals surface area (Å²) in [4.78, 5) is 11.1. The number of hydrogen-bond acceptors (Lipinski definition) is 3. The predicted octanol–water partition coefficient (Wildman–Crippen LogP) is -1.58. The molecule has 1 rings (SSSR count). The molecule has 0 heterocycles. The summed E-state index contributed by atoms with van der Waals surface area (Å²) < 4.78 is 28.6. The number of hydrogen-bond donors (Lipinski definition) is 3. The van der Waals surface area contributed by atoms with Gasteiger partial charge in [0.05, 0.1) is 0 Å². The summed E-state index contributed by atoms with van der Waals surface area (Å²) in [7, 11) is 0. The molecule has 1 aromatic rings. The van der Waals surface area contributed by atoms with Crippen molar-refractivity contribution < 1.29 is 21.8 Å². The fourth-order valence-corrected chi connectivity index (χ4v) is 2.71. The van der Waals surface area contributed by atoms with Crippen molar-refractivity contribution in [3.8, 4) is 0 Å². The summed E-state index contributed by atoms with van der Waals surface area (Å²) in [6, 6.07) is 5.40. The summed E-state index contributed by atoms with van der Waals surface area (Å²) in [5, 5.41) is 8.58. The third-order valence-electron chi connectivity index (χ3n) is 1.66. The molecule has 0 radical (unpaired) electrons. The van der Waals surface area contributed by atoms with E-state index in [4.69, 9.17) is 13.3 Å². The first-order chi connectivity index (χ1) is 6.46. The summed E-state index contributed by atoms with van der Waals surface area (Å²) in [5.41, 5.74) is -0.109. The molecule has 0 unspecified atom stereocenters. The molecule has 0 saturated heterocycles. The Labute approximate surface area is 83.0 Å². The maximum absolute atomic E-state index is 11.1. The number of carbonyl (C=O) groups is 1. The molecule has 6 heteroatoms. The van der Waals surface area contributed by atoms with Crippen molar-refractivity contribution in [3.05, 3.63) is 29.8 Å². The average Bonchev–Trinajstić information content (AvgIpc) is 2.15. The van der Waals surface area contributed by atoms with Crippen LogP contribution in [0.3, 0.4) is 0 Å². The average molecular weight is 260 g/mol. The maximum atomic E-state index is 11.1. The van der Waals surface area contributed by atoms with Crippen LogP contribution >= 0.6 is 0 Å². The second-order valence-corrected chi connectivity index (χ2v) is 5.94. The van der Waals surface area contributed by atoms with Gasteiger partial charge in [0, 0.05) is 0 Å². The van der Waals surface area contributed by atoms with Gasteiger partial charge in [-0.3, -0.25) is 0 Å². The molecule has 0 aliphatic heterocycles. The van der Waals surface area contributed by atoms with E-state index in [0.717, 1.165) is 0 Å². The molecule has 0 bridgehead atoms. The molecule has 76 valence electrons. The van der Waals surface area contributed by atoms with Crippen LogP contribution in [0.1, 0.15) is 10.4 Å². The molecule has 0 saturated carbocycles. The Bertz CT molecular complexity index is 394. The molecule has 1 aromatic carbocycles. The van der Waals surface area contributed by atoms with Gasteiger partial charge in [-0.05, 0) is 0 Å². The third kappa shape index (κ3) is 2.33. The number of aliphatic hydroxyl groups is 1. The fourth-order valence-electron chi connectivity index (χ4n) is 1.05. The van der Waals surface area contributed by atoms with Gasteiger partial charge < -0.3 is 0 Å². The Hall–Kier alpha value is -0.872. The molecular formula is C8H9AsO5. The van der Waals surface area contributed by atoms with Crippen molar-refractivity contribution in [2.75, 3.05) is 6.61 Å². The number of carbonyl (C=O) groups excluding carboxylic acids is 1. The van der Waals surface area contributed by atoms with Gasteiger partial charge >= 0.3 is 82.6 Å². The van der Waals surface area contributed by atoms with Gasteiger partial charge in [-0.1, -0.05) is 0 Å². The number of aliphatic hydroxyl groups excluding tert-OH is 1. The zero-order valence-electron chi connectivity index (χ0n) is 7.12. The Morgan fingerprint density at radius 3 is 2.36 bits per heavy atom. The Morgan fingerprint density at radius 2 is 1.86 bits per heavy atom. The zero-order valence-corrected chi connectivity index (χ0v) is 9.00. The van der Waals surface area contributed by atoms with Crippen molar-refractivity contribution in [2.24, 2.45) is 0 Å². The second kappa shape index (κ2) is 4.11. The third-order valence-corrected chi connectivity index (χ3v) is 3.80. The van der Waals surface area contributed by atoms with Gasteiger partial charge in [-0.2, -0.15) is 0 Å². The van der Waals surface area contributed by atoms with E-state index in [9.17, 15) is 8.53 Å². The van der Waals surface area contributed by atoms with Gasteiger partial charge in [0.1, 0.15) is 0 Å². The molecule has 0 spiro atoms. The van der Waals surface area contributed by atoms with Crippen LogP contribution in [0.4, 0.5) is 0 Å². The number of benzene rings is 1. The van der Waals surface area contributed by atoms with Gasteiger partial charge in [-0.25, -0.2) is 0 Å². The fraction of sp³-hybridized carbons (Fsp3) is 0.125. The molecule has 14 heavy (non-hydrogen) atoms. The van der Waals surface area contributed by atoms with Gasteiger partial charge in [0.25, 0.3) is 0 Å². The normalized spacial score (nSPS) is 11.4. The SMILES string of the molecule is O=C(CO)c1ccccc1[As](=O)(O)O. The van der Waals surface area contributed by atoms with E-state index >= 15 is 0 Å². The molecular weight excluding hydrogens is 251 g/mol. The minimum absolute atomic E-state index is 0.109. The molecule has 3 N–H and O–H groups in total. The van der Waals surface area contributed by atoms with Crippen LogP contribution in [-0.2, 0) is 3.74 Å². The molecule has 0 aliphatic rings. The van der Waals surface area contributed by atoms with Gasteiger partial charge in [-0.15, -0.1) is 0 Å². The topological polar surface area (TPSA) is 94.8 Å². The molecule has 0 amide bonds. The van der Waals surface area contributed by atoms with E-state index < -0.39 is 26.6 Å². The van der Waals surface area contributed by atoms with Crippen LogP contribution in [0, 0.1) is 0 Å². The molecule has 0 fully saturated rings. The summed E-state index contributed by atoms with van der Waals surface area (Å²) in [6.07, 6.45) is 0. The Kier molecular flexibility index (Phi) is 3.29. The molecule has 0 atom stereocenters. The number of rotatable bonds is 3. The first kappa shape index (κ1) is 11.2. The van der Waals surface area contributed by atoms with Crippen LogP contribution in [0.2, 0.25) is 0 Å². The van der Waals surface area contributed by atoms with Crippen molar-refractivity contribution in [3.63, 3.8) is 0 Å². The van der Waals surface area contributed by atoms with E-state index in [1.165, 1.54) is 24.3 Å². The summed E-state index contributed by atoms with van der Waals surface area (Å²) in [5.74, 6) is -0.690. The van der Waals surface area contributed by atoms with E-state index in [2.05, 4.69) is 0 Å². The van der Waals surface area contributed by atoms with Crippen LogP contribution in [0.5, 0.6) is 0 Å². The zero-order chi connectivity index (χ0) is 10.8. The van der Waals surface area contributed by atoms with Crippen LogP contribution in [-0.4, -0.2) is 39.9 Å². The summed E-state index contributed by atoms with van der Waals surface area (Å²) >= 11 is -5.08. The predicted molar refractivity (Wildman–Crippen MR) is 48.4 cm³/mol. The van der Waals surface area contributed by atoms with Crippen LogP contribution in [0.25, 0.3) is 0 Å². The van der Waals surface area contributed by atoms with E-state index in [1.807, 2.05) is 0 Å². The first-order valence-corrected chi connectivity index (χ1v) is 7.14. The second-order valence-electron chi connectivity index (χ2n) is 2.64. The molecule has 5 nitrogen and oxygen atoms in total. The van der Waals surface area contributed by atoms with Gasteiger partial charge in [0.2, 0.25) is 0 Å². The van der Waals surface area contributed by atoms with E-state index in [-0.39, 0.29) is 9.91 Å². The van der Waals surface area contributed by atoms with Crippen LogP contribution < -0.4 is 4.35 Å². The van der Waals surface area contributed by atoms with Crippen molar-refractivity contribution in [1.29, 1.82) is 0 Å². The Morgan fingerprint density at radius 1 is 1.29 bits per heavy atom. The van der Waals surface area contributed by atoms with Crippen molar-refractivity contribution in [1.82, 2.24) is 0 Å². The van der Waals surface area contributed by atoms with E-state index in [0.29, 0.717) is 0 Å². The molecule has 0 aromatic heterocycles. The number of ketones is 1. The van der Waals surface area contributed by atoms with Crippen LogP contribution in [0.15, 0.2) is 24.3 Å². The quantitative estimate of drug-likeness (QED) is 0.450. The monoisotopic (exact) mass is 260 g/mol. The van der Waals surface area contributed by atoms with E-state index in [1.54, 1.807) is 0 Å². The minimum atomic E-state index is -5.08. The Balaban J connectivity index is 3.30.